The lowest BCUT2D eigenvalue weighted by atomic mass is 9.76. The van der Waals surface area contributed by atoms with E-state index in [2.05, 4.69) is 59.4 Å². The van der Waals surface area contributed by atoms with Crippen LogP contribution < -0.4 is 10.2 Å². The quantitative estimate of drug-likeness (QED) is 0.913. The van der Waals surface area contributed by atoms with Crippen LogP contribution in [0.3, 0.4) is 0 Å². The average Bonchev–Trinajstić information content (AvgIpc) is 2.58. The Morgan fingerprint density at radius 1 is 1.04 bits per heavy atom. The number of pyridine rings is 1. The number of benzene rings is 1. The maximum absolute atomic E-state index is 5.89. The number of anilines is 2. The summed E-state index contributed by atoms with van der Waals surface area (Å²) >= 11 is 0. The zero-order valence-electron chi connectivity index (χ0n) is 15.1. The highest BCUT2D eigenvalue weighted by Crippen LogP contribution is 2.39. The highest BCUT2D eigenvalue weighted by molar-refractivity contribution is 5.70. The molecule has 4 rings (SSSR count). The standard InChI is InChI=1S/C21H27N3O/c1-15-13-24(14-16(2)25-15)21-8-4-3-7-20(21)23-19-10-18(11-19)17-6-5-9-22-12-17/h3-9,12,15-16,18-19,23H,10-11,13-14H2,1-2H3/t15-,16+,18?,19?. The van der Waals surface area contributed by atoms with Crippen LogP contribution in [0, 0.1) is 0 Å². The molecule has 1 aliphatic heterocycles. The Morgan fingerprint density at radius 2 is 1.80 bits per heavy atom. The Kier molecular flexibility index (Phi) is 4.62. The van der Waals surface area contributed by atoms with Crippen molar-refractivity contribution in [1.82, 2.24) is 4.98 Å². The van der Waals surface area contributed by atoms with E-state index in [0.29, 0.717) is 12.0 Å². The van der Waals surface area contributed by atoms with Crippen LogP contribution in [0.15, 0.2) is 48.8 Å². The van der Waals surface area contributed by atoms with E-state index in [1.54, 1.807) is 0 Å². The maximum atomic E-state index is 5.89. The van der Waals surface area contributed by atoms with Crippen LogP contribution in [-0.2, 0) is 4.74 Å². The predicted molar refractivity (Wildman–Crippen MR) is 102 cm³/mol. The van der Waals surface area contributed by atoms with Gasteiger partial charge in [0.25, 0.3) is 0 Å². The minimum Gasteiger partial charge on any atom is -0.381 e. The lowest BCUT2D eigenvalue weighted by Gasteiger charge is -2.40. The zero-order chi connectivity index (χ0) is 17.2. The molecule has 4 nitrogen and oxygen atoms in total. The van der Waals surface area contributed by atoms with E-state index in [9.17, 15) is 0 Å². The Balaban J connectivity index is 1.42. The van der Waals surface area contributed by atoms with Gasteiger partial charge in [-0.05, 0) is 56.4 Å². The maximum Gasteiger partial charge on any atom is 0.0726 e. The lowest BCUT2D eigenvalue weighted by Crippen LogP contribution is -2.46. The van der Waals surface area contributed by atoms with E-state index < -0.39 is 0 Å². The van der Waals surface area contributed by atoms with Gasteiger partial charge >= 0.3 is 0 Å². The van der Waals surface area contributed by atoms with Crippen molar-refractivity contribution in [1.29, 1.82) is 0 Å². The first-order valence-corrected chi connectivity index (χ1v) is 9.35. The fraction of sp³-hybridized carbons (Fsp3) is 0.476. The first kappa shape index (κ1) is 16.4. The van der Waals surface area contributed by atoms with Crippen LogP contribution in [0.4, 0.5) is 11.4 Å². The number of rotatable bonds is 4. The van der Waals surface area contributed by atoms with Crippen molar-refractivity contribution in [2.75, 3.05) is 23.3 Å². The molecule has 2 aromatic rings. The molecule has 0 radical (unpaired) electrons. The van der Waals surface area contributed by atoms with Crippen molar-refractivity contribution < 1.29 is 4.74 Å². The SMILES string of the molecule is C[C@@H]1CN(c2ccccc2NC2CC(c3cccnc3)C2)C[C@H](C)O1. The zero-order valence-corrected chi connectivity index (χ0v) is 15.1. The lowest BCUT2D eigenvalue weighted by molar-refractivity contribution is -0.00517. The van der Waals surface area contributed by atoms with Crippen LogP contribution in [0.25, 0.3) is 0 Å². The number of nitrogens with zero attached hydrogens (tertiary/aromatic N) is 2. The van der Waals surface area contributed by atoms with Gasteiger partial charge in [-0.15, -0.1) is 0 Å². The fourth-order valence-electron chi connectivity index (χ4n) is 4.09. The Hall–Kier alpha value is -2.07. The summed E-state index contributed by atoms with van der Waals surface area (Å²) in [6, 6.07) is 13.5. The van der Waals surface area contributed by atoms with Gasteiger partial charge in [0.1, 0.15) is 0 Å². The molecule has 1 saturated carbocycles. The third-order valence-electron chi connectivity index (χ3n) is 5.32. The minimum atomic E-state index is 0.274. The number of hydrogen-bond donors (Lipinski definition) is 1. The minimum absolute atomic E-state index is 0.274. The van der Waals surface area contributed by atoms with E-state index in [1.165, 1.54) is 29.8 Å². The van der Waals surface area contributed by atoms with Gasteiger partial charge in [0, 0.05) is 31.5 Å². The first-order valence-electron chi connectivity index (χ1n) is 9.35. The summed E-state index contributed by atoms with van der Waals surface area (Å²) in [5.74, 6) is 0.641. The van der Waals surface area contributed by atoms with Gasteiger partial charge in [-0.1, -0.05) is 18.2 Å². The molecule has 2 fully saturated rings. The Morgan fingerprint density at radius 3 is 2.52 bits per heavy atom. The molecule has 1 aromatic heterocycles. The molecule has 2 atom stereocenters. The summed E-state index contributed by atoms with van der Waals surface area (Å²) in [7, 11) is 0. The second kappa shape index (κ2) is 7.04. The average molecular weight is 337 g/mol. The summed E-state index contributed by atoms with van der Waals surface area (Å²) in [5, 5.41) is 3.77. The third-order valence-corrected chi connectivity index (χ3v) is 5.32. The van der Waals surface area contributed by atoms with Gasteiger partial charge in [-0.3, -0.25) is 4.98 Å². The van der Waals surface area contributed by atoms with Crippen LogP contribution in [0.2, 0.25) is 0 Å². The molecule has 0 bridgehead atoms. The molecule has 25 heavy (non-hydrogen) atoms. The predicted octanol–water partition coefficient (Wildman–Crippen LogP) is 4.05. The van der Waals surface area contributed by atoms with Crippen molar-refractivity contribution in [3.8, 4) is 0 Å². The van der Waals surface area contributed by atoms with E-state index in [4.69, 9.17) is 4.74 Å². The molecule has 0 amide bonds. The number of hydrogen-bond acceptors (Lipinski definition) is 4. The summed E-state index contributed by atoms with van der Waals surface area (Å²) in [4.78, 5) is 6.70. The second-order valence-corrected chi connectivity index (χ2v) is 7.48. The molecule has 2 aliphatic rings. The van der Waals surface area contributed by atoms with Crippen LogP contribution in [-0.4, -0.2) is 36.3 Å². The van der Waals surface area contributed by atoms with Crippen molar-refractivity contribution >= 4 is 11.4 Å². The molecule has 2 heterocycles. The van der Waals surface area contributed by atoms with Crippen LogP contribution in [0.5, 0.6) is 0 Å². The van der Waals surface area contributed by atoms with Gasteiger partial charge in [0.2, 0.25) is 0 Å². The smallest absolute Gasteiger partial charge is 0.0726 e. The molecular weight excluding hydrogens is 310 g/mol. The van der Waals surface area contributed by atoms with E-state index in [-0.39, 0.29) is 12.2 Å². The normalized spacial score (nSPS) is 29.1. The van der Waals surface area contributed by atoms with E-state index in [1.807, 2.05) is 18.5 Å². The molecule has 0 unspecified atom stereocenters. The number of aromatic nitrogens is 1. The van der Waals surface area contributed by atoms with Gasteiger partial charge in [0.05, 0.1) is 23.6 Å². The molecule has 1 aliphatic carbocycles. The number of ether oxygens (including phenoxy) is 1. The van der Waals surface area contributed by atoms with E-state index >= 15 is 0 Å². The highest BCUT2D eigenvalue weighted by Gasteiger charge is 2.31. The van der Waals surface area contributed by atoms with Crippen LogP contribution in [0.1, 0.15) is 38.2 Å². The van der Waals surface area contributed by atoms with Crippen molar-refractivity contribution in [2.24, 2.45) is 0 Å². The Labute approximate surface area is 150 Å². The molecule has 132 valence electrons. The monoisotopic (exact) mass is 337 g/mol. The first-order chi connectivity index (χ1) is 12.2. The number of para-hydroxylation sites is 2. The third kappa shape index (κ3) is 3.64. The van der Waals surface area contributed by atoms with Crippen molar-refractivity contribution in [3.05, 3.63) is 54.4 Å². The Bertz CT molecular complexity index is 689. The largest absolute Gasteiger partial charge is 0.381 e. The van der Waals surface area contributed by atoms with Crippen molar-refractivity contribution in [2.45, 2.75) is 50.9 Å². The molecule has 1 N–H and O–H groups in total. The molecule has 1 saturated heterocycles. The van der Waals surface area contributed by atoms with Gasteiger partial charge in [0.15, 0.2) is 0 Å². The van der Waals surface area contributed by atoms with Crippen molar-refractivity contribution in [3.63, 3.8) is 0 Å². The second-order valence-electron chi connectivity index (χ2n) is 7.48. The van der Waals surface area contributed by atoms with Gasteiger partial charge in [-0.2, -0.15) is 0 Å². The topological polar surface area (TPSA) is 37.4 Å². The summed E-state index contributed by atoms with van der Waals surface area (Å²) in [6.45, 7) is 6.21. The van der Waals surface area contributed by atoms with Crippen LogP contribution >= 0.6 is 0 Å². The van der Waals surface area contributed by atoms with Gasteiger partial charge in [-0.25, -0.2) is 0 Å². The summed E-state index contributed by atoms with van der Waals surface area (Å²) in [6.07, 6.45) is 6.75. The molecule has 4 heteroatoms. The summed E-state index contributed by atoms with van der Waals surface area (Å²) in [5.41, 5.74) is 3.91. The molecular formula is C21H27N3O. The number of morpholine rings is 1. The molecule has 0 spiro atoms. The highest BCUT2D eigenvalue weighted by atomic mass is 16.5. The fourth-order valence-corrected chi connectivity index (χ4v) is 4.09. The van der Waals surface area contributed by atoms with Gasteiger partial charge < -0.3 is 15.0 Å². The van der Waals surface area contributed by atoms with E-state index in [0.717, 1.165) is 13.1 Å². The summed E-state index contributed by atoms with van der Waals surface area (Å²) < 4.78 is 5.89. The number of nitrogens with one attached hydrogen (secondary N) is 1. The molecule has 1 aromatic carbocycles.